The number of alkyl halides is 3. The quantitative estimate of drug-likeness (QED) is 0.466. The Bertz CT molecular complexity index is 1070. The van der Waals surface area contributed by atoms with E-state index in [-0.39, 0.29) is 11.3 Å². The third kappa shape index (κ3) is 4.09. The maximum Gasteiger partial charge on any atom is 0.454 e. The van der Waals surface area contributed by atoms with Gasteiger partial charge in [0.2, 0.25) is 0 Å². The molecule has 3 aromatic rings. The molecule has 6 heteroatoms. The highest BCUT2D eigenvalue weighted by atomic mass is 32.1. The third-order valence-corrected chi connectivity index (χ3v) is 5.69. The number of Topliss-reactive ketones (excluding diaryl/α,β-unsaturated/α-hetero) is 1. The molecule has 1 aliphatic rings. The maximum atomic E-state index is 13.5. The van der Waals surface area contributed by atoms with Gasteiger partial charge in [0.1, 0.15) is 11.9 Å². The number of ether oxygens (including phenoxy) is 1. The normalized spacial score (nSPS) is 19.3. The zero-order valence-corrected chi connectivity index (χ0v) is 16.5. The lowest BCUT2D eigenvalue weighted by atomic mass is 9.84. The summed E-state index contributed by atoms with van der Waals surface area (Å²) < 4.78 is 46.6. The zero-order valence-electron chi connectivity index (χ0n) is 15.7. The van der Waals surface area contributed by atoms with Gasteiger partial charge in [-0.3, -0.25) is 4.79 Å². The Hall–Kier alpha value is -3.12. The minimum absolute atomic E-state index is 0.00360. The second-order valence-corrected chi connectivity index (χ2v) is 7.74. The van der Waals surface area contributed by atoms with E-state index < -0.39 is 24.0 Å². The first-order valence-electron chi connectivity index (χ1n) is 9.29. The third-order valence-electron chi connectivity index (χ3n) is 4.82. The summed E-state index contributed by atoms with van der Waals surface area (Å²) in [5.41, 5.74) is 1.14. The molecule has 2 aromatic carbocycles. The van der Waals surface area contributed by atoms with Crippen LogP contribution in [0, 0.1) is 0 Å². The predicted molar refractivity (Wildman–Crippen MR) is 112 cm³/mol. The number of hydrogen-bond donors (Lipinski definition) is 0. The van der Waals surface area contributed by atoms with Crippen molar-refractivity contribution < 1.29 is 22.7 Å². The lowest BCUT2D eigenvalue weighted by molar-refractivity contribution is -0.166. The summed E-state index contributed by atoms with van der Waals surface area (Å²) in [6, 6.07) is 21.5. The average Bonchev–Trinajstić information content (AvgIpc) is 3.40. The van der Waals surface area contributed by atoms with Crippen LogP contribution in [-0.4, -0.2) is 18.1 Å². The first-order valence-corrected chi connectivity index (χ1v) is 10.2. The molecule has 1 aliphatic heterocycles. The molecule has 2 atom stereocenters. The van der Waals surface area contributed by atoms with Gasteiger partial charge in [0.15, 0.2) is 0 Å². The van der Waals surface area contributed by atoms with Gasteiger partial charge in [0.05, 0.1) is 16.4 Å². The predicted octanol–water partition coefficient (Wildman–Crippen LogP) is 6.49. The highest BCUT2D eigenvalue weighted by Gasteiger charge is 2.50. The molecule has 0 radical (unpaired) electrons. The van der Waals surface area contributed by atoms with Crippen molar-refractivity contribution in [2.75, 3.05) is 0 Å². The Labute approximate surface area is 175 Å². The van der Waals surface area contributed by atoms with Crippen LogP contribution in [0.3, 0.4) is 0 Å². The van der Waals surface area contributed by atoms with E-state index in [4.69, 9.17) is 4.74 Å². The van der Waals surface area contributed by atoms with Crippen LogP contribution in [0.1, 0.15) is 21.9 Å². The number of benzene rings is 2. The summed E-state index contributed by atoms with van der Waals surface area (Å²) in [6.45, 7) is 0. The van der Waals surface area contributed by atoms with Crippen molar-refractivity contribution in [2.45, 2.75) is 18.2 Å². The minimum Gasteiger partial charge on any atom is -0.483 e. The Morgan fingerprint density at radius 3 is 2.20 bits per heavy atom. The molecule has 0 spiro atoms. The molecule has 4 rings (SSSR count). The van der Waals surface area contributed by atoms with Gasteiger partial charge in [-0.25, -0.2) is 0 Å². The van der Waals surface area contributed by atoms with Crippen molar-refractivity contribution in [3.05, 3.63) is 106 Å². The number of rotatable bonds is 5. The molecular formula is C24H17F3O2S. The fourth-order valence-electron chi connectivity index (χ4n) is 3.51. The van der Waals surface area contributed by atoms with Crippen molar-refractivity contribution >= 4 is 29.0 Å². The molecule has 2 heterocycles. The van der Waals surface area contributed by atoms with Crippen LogP contribution >= 0.6 is 11.3 Å². The largest absolute Gasteiger partial charge is 0.483 e. The zero-order chi connectivity index (χ0) is 21.1. The fourth-order valence-corrected chi connectivity index (χ4v) is 4.23. The van der Waals surface area contributed by atoms with Crippen LogP contribution in [0.15, 0.2) is 89.8 Å². The molecule has 0 saturated carbocycles. The van der Waals surface area contributed by atoms with E-state index in [2.05, 4.69) is 0 Å². The second-order valence-electron chi connectivity index (χ2n) is 6.79. The van der Waals surface area contributed by atoms with Gasteiger partial charge < -0.3 is 4.74 Å². The first kappa shape index (κ1) is 20.2. The Morgan fingerprint density at radius 1 is 0.933 bits per heavy atom. The van der Waals surface area contributed by atoms with Crippen molar-refractivity contribution in [2.24, 2.45) is 0 Å². The van der Waals surface area contributed by atoms with Gasteiger partial charge in [0, 0.05) is 0 Å². The molecule has 2 nitrogen and oxygen atoms in total. The van der Waals surface area contributed by atoms with Gasteiger partial charge in [-0.1, -0.05) is 72.8 Å². The molecule has 0 saturated heterocycles. The Morgan fingerprint density at radius 2 is 1.60 bits per heavy atom. The van der Waals surface area contributed by atoms with Crippen LogP contribution in [0.5, 0.6) is 0 Å². The van der Waals surface area contributed by atoms with Gasteiger partial charge in [-0.05, 0) is 28.6 Å². The van der Waals surface area contributed by atoms with E-state index in [9.17, 15) is 18.0 Å². The number of halogens is 3. The van der Waals surface area contributed by atoms with Gasteiger partial charge in [-0.15, -0.1) is 11.3 Å². The summed E-state index contributed by atoms with van der Waals surface area (Å²) >= 11 is 1.24. The maximum absolute atomic E-state index is 13.5. The SMILES string of the molecule is O=C(C1=C(c2cccs2)O[C@@H](/C=C/c2ccccc2)[C@@H]1c1ccccc1)C(F)(F)F. The summed E-state index contributed by atoms with van der Waals surface area (Å²) in [5, 5.41) is 1.74. The summed E-state index contributed by atoms with van der Waals surface area (Å²) in [4.78, 5) is 13.0. The van der Waals surface area contributed by atoms with Crippen LogP contribution in [0.4, 0.5) is 13.2 Å². The monoisotopic (exact) mass is 426 g/mol. The van der Waals surface area contributed by atoms with Gasteiger partial charge in [0.25, 0.3) is 5.78 Å². The van der Waals surface area contributed by atoms with E-state index in [1.54, 1.807) is 60.0 Å². The smallest absolute Gasteiger partial charge is 0.454 e. The van der Waals surface area contributed by atoms with Crippen LogP contribution in [0.2, 0.25) is 0 Å². The van der Waals surface area contributed by atoms with Crippen LogP contribution in [-0.2, 0) is 9.53 Å². The number of carbonyl (C=O) groups is 1. The molecule has 30 heavy (non-hydrogen) atoms. The highest BCUT2D eigenvalue weighted by Crippen LogP contribution is 2.47. The average molecular weight is 426 g/mol. The molecule has 0 amide bonds. The molecular weight excluding hydrogens is 409 g/mol. The van der Waals surface area contributed by atoms with E-state index in [0.29, 0.717) is 10.4 Å². The number of ketones is 1. The molecule has 0 unspecified atom stereocenters. The van der Waals surface area contributed by atoms with Gasteiger partial charge >= 0.3 is 6.18 Å². The fraction of sp³-hybridized carbons (Fsp3) is 0.125. The molecule has 0 bridgehead atoms. The molecule has 1 aromatic heterocycles. The van der Waals surface area contributed by atoms with E-state index in [1.807, 2.05) is 30.3 Å². The van der Waals surface area contributed by atoms with Crippen molar-refractivity contribution in [3.63, 3.8) is 0 Å². The Kier molecular flexibility index (Phi) is 5.59. The molecule has 0 N–H and O–H groups in total. The van der Waals surface area contributed by atoms with Crippen LogP contribution in [0.25, 0.3) is 11.8 Å². The lowest BCUT2D eigenvalue weighted by Gasteiger charge is -2.19. The number of carbonyl (C=O) groups excluding carboxylic acids is 1. The Balaban J connectivity index is 1.83. The number of hydrogen-bond acceptors (Lipinski definition) is 3. The van der Waals surface area contributed by atoms with Gasteiger partial charge in [-0.2, -0.15) is 13.2 Å². The second kappa shape index (κ2) is 8.32. The number of thiophene rings is 1. The topological polar surface area (TPSA) is 26.3 Å². The molecule has 0 fully saturated rings. The summed E-state index contributed by atoms with van der Waals surface area (Å²) in [5.74, 6) is -2.73. The minimum atomic E-state index is -4.99. The van der Waals surface area contributed by atoms with Crippen LogP contribution < -0.4 is 0 Å². The first-order chi connectivity index (χ1) is 14.4. The van der Waals surface area contributed by atoms with E-state index in [0.717, 1.165) is 5.56 Å². The standard InChI is InChI=1S/C24H17F3O2S/c25-24(26,27)23(28)21-20(17-10-5-2-6-11-17)18(14-13-16-8-3-1-4-9-16)29-22(21)19-12-7-15-30-19/h1-15,18,20H/b14-13+/t18-,20-/m0/s1. The van der Waals surface area contributed by atoms with Crippen molar-refractivity contribution in [1.29, 1.82) is 0 Å². The summed E-state index contributed by atoms with van der Waals surface area (Å²) in [6.07, 6.45) is -2.22. The van der Waals surface area contributed by atoms with Crippen molar-refractivity contribution in [3.8, 4) is 0 Å². The van der Waals surface area contributed by atoms with Crippen molar-refractivity contribution in [1.82, 2.24) is 0 Å². The summed E-state index contributed by atoms with van der Waals surface area (Å²) in [7, 11) is 0. The van der Waals surface area contributed by atoms with E-state index >= 15 is 0 Å². The molecule has 152 valence electrons. The van der Waals surface area contributed by atoms with E-state index in [1.165, 1.54) is 11.3 Å². The molecule has 0 aliphatic carbocycles. The highest BCUT2D eigenvalue weighted by molar-refractivity contribution is 7.11. The lowest BCUT2D eigenvalue weighted by Crippen LogP contribution is -2.28.